The summed E-state index contributed by atoms with van der Waals surface area (Å²) in [5, 5.41) is 22.4. The molecule has 1 aromatic heterocycles. The number of hydrogen-bond donors (Lipinski definition) is 2. The number of pyridine rings is 1. The minimum atomic E-state index is -1.36. The maximum Gasteiger partial charge on any atom is 0.341 e. The number of piperazine rings is 1. The van der Waals surface area contributed by atoms with Crippen molar-refractivity contribution in [2.75, 3.05) is 24.5 Å². The Morgan fingerprint density at radius 2 is 2.21 bits per heavy atom. The highest BCUT2D eigenvalue weighted by molar-refractivity contribution is 5.96. The zero-order chi connectivity index (χ0) is 20.0. The molecule has 28 heavy (non-hydrogen) atoms. The molecule has 1 saturated heterocycles. The molecule has 144 valence electrons. The highest BCUT2D eigenvalue weighted by Crippen LogP contribution is 2.40. The molecule has 0 bridgehead atoms. The third-order valence-electron chi connectivity index (χ3n) is 5.33. The Hall–Kier alpha value is -3.18. The smallest absolute Gasteiger partial charge is 0.341 e. The molecule has 4 rings (SSSR count). The minimum Gasteiger partial charge on any atom is -0.477 e. The maximum absolute atomic E-state index is 15.1. The van der Waals surface area contributed by atoms with Crippen molar-refractivity contribution in [1.82, 2.24) is 9.88 Å². The van der Waals surface area contributed by atoms with Gasteiger partial charge < -0.3 is 19.9 Å². The molecule has 1 unspecified atom stereocenters. The predicted molar refractivity (Wildman–Crippen MR) is 102 cm³/mol. The van der Waals surface area contributed by atoms with E-state index in [2.05, 4.69) is 18.0 Å². The first-order valence-electron chi connectivity index (χ1n) is 9.12. The molecule has 2 N–H and O–H groups in total. The molecule has 2 fully saturated rings. The summed E-state index contributed by atoms with van der Waals surface area (Å²) in [6.07, 6.45) is 4.66. The van der Waals surface area contributed by atoms with Crippen LogP contribution in [0.15, 0.2) is 29.7 Å². The van der Waals surface area contributed by atoms with E-state index in [4.69, 9.17) is 0 Å². The van der Waals surface area contributed by atoms with E-state index in [-0.39, 0.29) is 28.7 Å². The summed E-state index contributed by atoms with van der Waals surface area (Å²) in [6.45, 7) is 5.31. The van der Waals surface area contributed by atoms with E-state index < -0.39 is 22.8 Å². The fourth-order valence-electron chi connectivity index (χ4n) is 3.83. The third-order valence-corrected chi connectivity index (χ3v) is 5.33. The number of rotatable bonds is 4. The number of carboxylic acids is 1. The Balaban J connectivity index is 2.02. The Morgan fingerprint density at radius 1 is 1.46 bits per heavy atom. The lowest BCUT2D eigenvalue weighted by Crippen LogP contribution is -2.50. The monoisotopic (exact) mass is 382 g/mol. The quantitative estimate of drug-likeness (QED) is 0.785. The average molecular weight is 382 g/mol. The standard InChI is InChI=1S/C20H19FN4O3/c1-2-11-9-24(6-5-23-11)18-14(8-22)17-13(7-16(18)21)19(26)15(20(27)28)10-25(17)12-3-4-12/h2,7,10-12,23H,1,3-6,9H2,(H,27,28). The maximum atomic E-state index is 15.1. The van der Waals surface area contributed by atoms with Crippen molar-refractivity contribution in [2.24, 2.45) is 0 Å². The number of benzene rings is 1. The molecule has 2 aliphatic rings. The van der Waals surface area contributed by atoms with Gasteiger partial charge in [0, 0.05) is 37.9 Å². The van der Waals surface area contributed by atoms with Crippen LogP contribution in [0.1, 0.15) is 34.8 Å². The number of carboxylic acid groups (broad SMARTS) is 1. The van der Waals surface area contributed by atoms with E-state index in [1.807, 2.05) is 0 Å². The van der Waals surface area contributed by atoms with Gasteiger partial charge in [0.2, 0.25) is 5.43 Å². The summed E-state index contributed by atoms with van der Waals surface area (Å²) < 4.78 is 16.8. The summed E-state index contributed by atoms with van der Waals surface area (Å²) in [6, 6.07) is 3.11. The summed E-state index contributed by atoms with van der Waals surface area (Å²) in [5.74, 6) is -2.06. The number of nitrogens with zero attached hydrogens (tertiary/aromatic N) is 3. The lowest BCUT2D eigenvalue weighted by molar-refractivity contribution is 0.0695. The van der Waals surface area contributed by atoms with E-state index in [9.17, 15) is 20.0 Å². The van der Waals surface area contributed by atoms with Gasteiger partial charge in [-0.25, -0.2) is 9.18 Å². The van der Waals surface area contributed by atoms with Gasteiger partial charge in [-0.15, -0.1) is 6.58 Å². The molecular weight excluding hydrogens is 363 g/mol. The molecule has 1 aliphatic heterocycles. The summed E-state index contributed by atoms with van der Waals surface area (Å²) in [4.78, 5) is 25.9. The van der Waals surface area contributed by atoms with Crippen LogP contribution in [0.4, 0.5) is 10.1 Å². The van der Waals surface area contributed by atoms with E-state index >= 15 is 4.39 Å². The molecule has 0 amide bonds. The van der Waals surface area contributed by atoms with Crippen LogP contribution in [-0.2, 0) is 0 Å². The van der Waals surface area contributed by atoms with Crippen molar-refractivity contribution < 1.29 is 14.3 Å². The largest absolute Gasteiger partial charge is 0.477 e. The molecule has 2 aromatic rings. The second-order valence-corrected chi connectivity index (χ2v) is 7.15. The van der Waals surface area contributed by atoms with Crippen LogP contribution in [0, 0.1) is 17.1 Å². The van der Waals surface area contributed by atoms with Crippen molar-refractivity contribution in [3.63, 3.8) is 0 Å². The van der Waals surface area contributed by atoms with Gasteiger partial charge in [0.25, 0.3) is 0 Å². The second kappa shape index (κ2) is 6.77. The summed E-state index contributed by atoms with van der Waals surface area (Å²) in [5.41, 5.74) is -0.652. The number of nitrogens with one attached hydrogen (secondary N) is 1. The van der Waals surface area contributed by atoms with Crippen LogP contribution in [0.5, 0.6) is 0 Å². The number of anilines is 1. The average Bonchev–Trinajstić information content (AvgIpc) is 3.52. The summed E-state index contributed by atoms with van der Waals surface area (Å²) >= 11 is 0. The number of carbonyl (C=O) groups is 1. The zero-order valence-corrected chi connectivity index (χ0v) is 15.1. The lowest BCUT2D eigenvalue weighted by Gasteiger charge is -2.35. The number of hydrogen-bond acceptors (Lipinski definition) is 5. The Morgan fingerprint density at radius 3 is 2.82 bits per heavy atom. The third kappa shape index (κ3) is 2.84. The Bertz CT molecular complexity index is 1100. The van der Waals surface area contributed by atoms with Crippen LogP contribution < -0.4 is 15.6 Å². The molecule has 1 atom stereocenters. The first-order chi connectivity index (χ1) is 13.5. The minimum absolute atomic E-state index is 0.00978. The molecule has 8 heteroatoms. The normalized spacial score (nSPS) is 19.4. The van der Waals surface area contributed by atoms with Crippen molar-refractivity contribution in [2.45, 2.75) is 24.9 Å². The highest BCUT2D eigenvalue weighted by Gasteiger charge is 2.31. The van der Waals surface area contributed by atoms with Crippen LogP contribution in [0.2, 0.25) is 0 Å². The number of aromatic carboxylic acids is 1. The molecular formula is C20H19FN4O3. The van der Waals surface area contributed by atoms with Crippen molar-refractivity contribution in [1.29, 1.82) is 5.26 Å². The first kappa shape index (κ1) is 18.2. The van der Waals surface area contributed by atoms with E-state index in [1.165, 1.54) is 6.20 Å². The molecule has 2 heterocycles. The first-order valence-corrected chi connectivity index (χ1v) is 9.12. The Kier molecular flexibility index (Phi) is 4.40. The molecule has 7 nitrogen and oxygen atoms in total. The number of aromatic nitrogens is 1. The van der Waals surface area contributed by atoms with Crippen LogP contribution >= 0.6 is 0 Å². The van der Waals surface area contributed by atoms with E-state index in [0.29, 0.717) is 25.2 Å². The lowest BCUT2D eigenvalue weighted by atomic mass is 10.0. The Labute approximate surface area is 160 Å². The van der Waals surface area contributed by atoms with Crippen LogP contribution in [0.25, 0.3) is 10.9 Å². The molecule has 1 aliphatic carbocycles. The topological polar surface area (TPSA) is 98.4 Å². The zero-order valence-electron chi connectivity index (χ0n) is 15.1. The molecule has 0 radical (unpaired) electrons. The second-order valence-electron chi connectivity index (χ2n) is 7.15. The van der Waals surface area contributed by atoms with E-state index in [0.717, 1.165) is 18.9 Å². The van der Waals surface area contributed by atoms with Crippen LogP contribution in [0.3, 0.4) is 0 Å². The van der Waals surface area contributed by atoms with Gasteiger partial charge >= 0.3 is 5.97 Å². The van der Waals surface area contributed by atoms with Crippen molar-refractivity contribution in [3.8, 4) is 6.07 Å². The van der Waals surface area contributed by atoms with Gasteiger partial charge in [0.05, 0.1) is 16.6 Å². The summed E-state index contributed by atoms with van der Waals surface area (Å²) in [7, 11) is 0. The van der Waals surface area contributed by atoms with Gasteiger partial charge in [0.15, 0.2) is 0 Å². The fraction of sp³-hybridized carbons (Fsp3) is 0.350. The van der Waals surface area contributed by atoms with Crippen molar-refractivity contribution in [3.05, 3.63) is 52.1 Å². The molecule has 0 spiro atoms. The number of nitriles is 1. The SMILES string of the molecule is C=CC1CN(c2c(F)cc3c(=O)c(C(=O)O)cn(C4CC4)c3c2C#N)CCN1. The molecule has 1 aromatic carbocycles. The van der Waals surface area contributed by atoms with Crippen molar-refractivity contribution >= 4 is 22.6 Å². The fourth-order valence-corrected chi connectivity index (χ4v) is 3.83. The van der Waals surface area contributed by atoms with Gasteiger partial charge in [-0.3, -0.25) is 4.79 Å². The number of halogens is 1. The van der Waals surface area contributed by atoms with Gasteiger partial charge in [-0.1, -0.05) is 6.08 Å². The van der Waals surface area contributed by atoms with Gasteiger partial charge in [-0.05, 0) is 18.9 Å². The van der Waals surface area contributed by atoms with Gasteiger partial charge in [0.1, 0.15) is 23.0 Å². The number of fused-ring (bicyclic) bond motifs is 1. The van der Waals surface area contributed by atoms with Crippen LogP contribution in [-0.4, -0.2) is 41.3 Å². The highest BCUT2D eigenvalue weighted by atomic mass is 19.1. The predicted octanol–water partition coefficient (Wildman–Crippen LogP) is 2.01. The van der Waals surface area contributed by atoms with Gasteiger partial charge in [-0.2, -0.15) is 5.26 Å². The molecule has 1 saturated carbocycles. The van der Waals surface area contributed by atoms with E-state index in [1.54, 1.807) is 15.5 Å².